The monoisotopic (exact) mass is 701 g/mol. The van der Waals surface area contributed by atoms with Gasteiger partial charge in [0.1, 0.15) is 11.2 Å². The van der Waals surface area contributed by atoms with Gasteiger partial charge in [0, 0.05) is 27.5 Å². The Morgan fingerprint density at radius 1 is 0.291 bits per heavy atom. The maximum atomic E-state index is 6.58. The van der Waals surface area contributed by atoms with E-state index in [0.29, 0.717) is 17.5 Å². The summed E-state index contributed by atoms with van der Waals surface area (Å²) in [4.78, 5) is 16.0. The Bertz CT molecular complexity index is 3260. The van der Waals surface area contributed by atoms with Gasteiger partial charge < -0.3 is 4.42 Å². The first kappa shape index (κ1) is 31.1. The number of aromatic nitrogens is 3. The lowest BCUT2D eigenvalue weighted by Gasteiger charge is -2.14. The minimum absolute atomic E-state index is 0.588. The van der Waals surface area contributed by atoms with Crippen molar-refractivity contribution in [2.24, 2.45) is 0 Å². The molecule has 55 heavy (non-hydrogen) atoms. The van der Waals surface area contributed by atoms with Gasteiger partial charge in [0.05, 0.1) is 0 Å². The first-order chi connectivity index (χ1) is 27.2. The molecule has 0 saturated carbocycles. The fourth-order valence-corrected chi connectivity index (χ4v) is 8.00. The summed E-state index contributed by atoms with van der Waals surface area (Å²) in [5.74, 6) is 1.82. The second kappa shape index (κ2) is 12.6. The van der Waals surface area contributed by atoms with E-state index in [9.17, 15) is 0 Å². The Morgan fingerprint density at radius 3 is 1.65 bits per heavy atom. The molecule has 2 aromatic heterocycles. The molecule has 0 fully saturated rings. The highest BCUT2D eigenvalue weighted by molar-refractivity contribution is 6.15. The van der Waals surface area contributed by atoms with Crippen LogP contribution in [0.4, 0.5) is 0 Å². The molecular formula is C51H31N3O. The summed E-state index contributed by atoms with van der Waals surface area (Å²) in [7, 11) is 0. The third kappa shape index (κ3) is 5.34. The number of rotatable bonds is 5. The highest BCUT2D eigenvalue weighted by Gasteiger charge is 2.21. The quantitative estimate of drug-likeness (QED) is 0.168. The molecule has 4 heteroatoms. The van der Waals surface area contributed by atoms with Gasteiger partial charge in [-0.1, -0.05) is 158 Å². The van der Waals surface area contributed by atoms with Crippen molar-refractivity contribution in [2.75, 3.05) is 0 Å². The molecule has 0 atom stereocenters. The number of fused-ring (bicyclic) bond motifs is 7. The van der Waals surface area contributed by atoms with E-state index in [-0.39, 0.29) is 0 Å². The van der Waals surface area contributed by atoms with Crippen LogP contribution in [0.2, 0.25) is 0 Å². The molecule has 11 aromatic rings. The first-order valence-electron chi connectivity index (χ1n) is 18.5. The van der Waals surface area contributed by atoms with E-state index in [4.69, 9.17) is 19.4 Å². The standard InChI is InChI=1S/C51H31N3O/c1-2-12-32(13-3-1)34-22-24-35(25-23-34)39-30-45(48-43-20-10-11-21-46(43)55-47(48)31-39)51-53-49(38-27-26-33-14-4-5-15-36(33)28-38)52-50(54-51)44-29-37-16-6-7-17-40(37)41-18-8-9-19-42(41)44/h1-31H. The summed E-state index contributed by atoms with van der Waals surface area (Å²) in [5.41, 5.74) is 8.82. The lowest BCUT2D eigenvalue weighted by atomic mass is 9.96. The van der Waals surface area contributed by atoms with Crippen LogP contribution in [0.25, 0.3) is 111 Å². The van der Waals surface area contributed by atoms with Crippen molar-refractivity contribution < 1.29 is 4.42 Å². The lowest BCUT2D eigenvalue weighted by molar-refractivity contribution is 0.669. The van der Waals surface area contributed by atoms with Crippen molar-refractivity contribution >= 4 is 54.3 Å². The molecule has 0 saturated heterocycles. The van der Waals surface area contributed by atoms with Crippen LogP contribution in [0.5, 0.6) is 0 Å². The van der Waals surface area contributed by atoms with E-state index in [1.807, 2.05) is 18.2 Å². The average Bonchev–Trinajstić information content (AvgIpc) is 3.64. The Kier molecular flexibility index (Phi) is 7.14. The normalized spacial score (nSPS) is 11.6. The van der Waals surface area contributed by atoms with Gasteiger partial charge in [-0.05, 0) is 84.9 Å². The predicted molar refractivity (Wildman–Crippen MR) is 227 cm³/mol. The number of benzene rings is 9. The van der Waals surface area contributed by atoms with Gasteiger partial charge >= 0.3 is 0 Å². The van der Waals surface area contributed by atoms with Crippen molar-refractivity contribution in [1.82, 2.24) is 15.0 Å². The van der Waals surface area contributed by atoms with Crippen LogP contribution in [0, 0.1) is 0 Å². The van der Waals surface area contributed by atoms with E-state index in [0.717, 1.165) is 71.3 Å². The molecule has 2 heterocycles. The molecule has 0 bridgehead atoms. The van der Waals surface area contributed by atoms with Gasteiger partial charge in [0.25, 0.3) is 0 Å². The SMILES string of the molecule is c1ccc(-c2ccc(-c3cc(-c4nc(-c5ccc6ccccc6c5)nc(-c5cc6ccccc6c6ccccc56)n4)c4c(c3)oc3ccccc34)cc2)cc1. The maximum Gasteiger partial charge on any atom is 0.164 e. The minimum Gasteiger partial charge on any atom is -0.456 e. The van der Waals surface area contributed by atoms with Crippen LogP contribution in [0.3, 0.4) is 0 Å². The van der Waals surface area contributed by atoms with Gasteiger partial charge in [0.15, 0.2) is 17.5 Å². The van der Waals surface area contributed by atoms with Gasteiger partial charge in [-0.15, -0.1) is 0 Å². The van der Waals surface area contributed by atoms with Crippen molar-refractivity contribution in [2.45, 2.75) is 0 Å². The van der Waals surface area contributed by atoms with Gasteiger partial charge in [-0.25, -0.2) is 15.0 Å². The molecule has 0 amide bonds. The van der Waals surface area contributed by atoms with Crippen molar-refractivity contribution in [3.63, 3.8) is 0 Å². The van der Waals surface area contributed by atoms with Gasteiger partial charge in [0.2, 0.25) is 0 Å². The first-order valence-corrected chi connectivity index (χ1v) is 18.5. The molecule has 0 aliphatic heterocycles. The molecule has 0 unspecified atom stereocenters. The molecule has 0 spiro atoms. The number of nitrogens with zero attached hydrogens (tertiary/aromatic N) is 3. The summed E-state index contributed by atoms with van der Waals surface area (Å²) in [6.07, 6.45) is 0. The van der Waals surface area contributed by atoms with Crippen molar-refractivity contribution in [3.8, 4) is 56.4 Å². The average molecular weight is 702 g/mol. The largest absolute Gasteiger partial charge is 0.456 e. The third-order valence-corrected chi connectivity index (χ3v) is 10.7. The molecule has 0 aliphatic carbocycles. The van der Waals surface area contributed by atoms with Crippen LogP contribution in [-0.2, 0) is 0 Å². The molecule has 0 aliphatic rings. The molecule has 0 radical (unpaired) electrons. The van der Waals surface area contributed by atoms with Crippen molar-refractivity contribution in [3.05, 3.63) is 188 Å². The Balaban J connectivity index is 1.19. The fraction of sp³-hybridized carbons (Fsp3) is 0. The number of hydrogen-bond donors (Lipinski definition) is 0. The Hall–Kier alpha value is -7.43. The summed E-state index contributed by atoms with van der Waals surface area (Å²) >= 11 is 0. The number of para-hydroxylation sites is 1. The van der Waals surface area contributed by atoms with E-state index >= 15 is 0 Å². The minimum atomic E-state index is 0.588. The van der Waals surface area contributed by atoms with Crippen LogP contribution in [0.1, 0.15) is 0 Å². The van der Waals surface area contributed by atoms with E-state index < -0.39 is 0 Å². The summed E-state index contributed by atoms with van der Waals surface area (Å²) in [6.45, 7) is 0. The predicted octanol–water partition coefficient (Wildman–Crippen LogP) is 13.6. The van der Waals surface area contributed by atoms with Crippen LogP contribution in [-0.4, -0.2) is 15.0 Å². The fourth-order valence-electron chi connectivity index (χ4n) is 8.00. The lowest BCUT2D eigenvalue weighted by Crippen LogP contribution is -2.01. The summed E-state index contributed by atoms with van der Waals surface area (Å²) in [5, 5.41) is 8.87. The second-order valence-corrected chi connectivity index (χ2v) is 14.0. The highest BCUT2D eigenvalue weighted by Crippen LogP contribution is 2.41. The molecular weight excluding hydrogens is 671 g/mol. The van der Waals surface area contributed by atoms with Crippen molar-refractivity contribution in [1.29, 1.82) is 0 Å². The Labute approximate surface area is 317 Å². The van der Waals surface area contributed by atoms with Gasteiger partial charge in [-0.3, -0.25) is 0 Å². The maximum absolute atomic E-state index is 6.58. The zero-order valence-corrected chi connectivity index (χ0v) is 29.6. The smallest absolute Gasteiger partial charge is 0.164 e. The Morgan fingerprint density at radius 2 is 0.855 bits per heavy atom. The number of furan rings is 1. The van der Waals surface area contributed by atoms with Gasteiger partial charge in [-0.2, -0.15) is 0 Å². The zero-order chi connectivity index (χ0) is 36.3. The van der Waals surface area contributed by atoms with E-state index in [1.54, 1.807) is 0 Å². The second-order valence-electron chi connectivity index (χ2n) is 14.0. The molecule has 256 valence electrons. The van der Waals surface area contributed by atoms with E-state index in [2.05, 4.69) is 170 Å². The van der Waals surface area contributed by atoms with Crippen LogP contribution >= 0.6 is 0 Å². The topological polar surface area (TPSA) is 51.8 Å². The molecule has 11 rings (SSSR count). The van der Waals surface area contributed by atoms with Crippen LogP contribution in [0.15, 0.2) is 192 Å². The van der Waals surface area contributed by atoms with Crippen LogP contribution < -0.4 is 0 Å². The zero-order valence-electron chi connectivity index (χ0n) is 29.6. The molecule has 4 nitrogen and oxygen atoms in total. The molecule has 0 N–H and O–H groups in total. The third-order valence-electron chi connectivity index (χ3n) is 10.7. The summed E-state index contributed by atoms with van der Waals surface area (Å²) in [6, 6.07) is 65.8. The number of hydrogen-bond acceptors (Lipinski definition) is 4. The van der Waals surface area contributed by atoms with E-state index in [1.165, 1.54) is 21.9 Å². The summed E-state index contributed by atoms with van der Waals surface area (Å²) < 4.78 is 6.58. The molecule has 9 aromatic carbocycles. The highest BCUT2D eigenvalue weighted by atomic mass is 16.3.